The molecule has 0 aliphatic heterocycles. The zero-order valence-electron chi connectivity index (χ0n) is 19.2. The van der Waals surface area contributed by atoms with E-state index in [0.717, 1.165) is 0 Å². The van der Waals surface area contributed by atoms with Gasteiger partial charge in [0, 0.05) is 26.5 Å². The Bertz CT molecular complexity index is 1910. The molecule has 2 heteroatoms. The van der Waals surface area contributed by atoms with Gasteiger partial charge < -0.3 is 4.57 Å². The summed E-state index contributed by atoms with van der Waals surface area (Å²) in [7, 11) is 0. The van der Waals surface area contributed by atoms with Gasteiger partial charge in [0.1, 0.15) is 0 Å². The highest BCUT2D eigenvalue weighted by Gasteiger charge is 2.22. The van der Waals surface area contributed by atoms with Crippen molar-refractivity contribution in [2.45, 2.75) is 13.8 Å². The van der Waals surface area contributed by atoms with Gasteiger partial charge in [-0.15, -0.1) is 11.3 Å². The average molecular weight is 454 g/mol. The Labute approximate surface area is 202 Å². The summed E-state index contributed by atoms with van der Waals surface area (Å²) in [6, 6.07) is 35.6. The molecule has 0 radical (unpaired) electrons. The van der Waals surface area contributed by atoms with Crippen LogP contribution in [0, 0.1) is 0 Å². The van der Waals surface area contributed by atoms with Crippen molar-refractivity contribution in [2.24, 2.45) is 0 Å². The van der Waals surface area contributed by atoms with Gasteiger partial charge in [0.05, 0.1) is 15.7 Å². The molecule has 0 amide bonds. The molecule has 5 aromatic carbocycles. The lowest BCUT2D eigenvalue weighted by Crippen LogP contribution is -1.95. The minimum Gasteiger partial charge on any atom is -0.307 e. The molecule has 2 aromatic heterocycles. The predicted octanol–water partition coefficient (Wildman–Crippen LogP) is 9.73. The van der Waals surface area contributed by atoms with Crippen LogP contribution in [0.25, 0.3) is 64.0 Å². The first-order valence-corrected chi connectivity index (χ1v) is 12.6. The van der Waals surface area contributed by atoms with Crippen molar-refractivity contribution in [3.05, 3.63) is 109 Å². The maximum Gasteiger partial charge on any atom is 0.0728 e. The topological polar surface area (TPSA) is 4.93 Å². The van der Waals surface area contributed by atoms with Crippen molar-refractivity contribution in [3.8, 4) is 5.69 Å². The van der Waals surface area contributed by atoms with Gasteiger partial charge in [-0.05, 0) is 59.3 Å². The summed E-state index contributed by atoms with van der Waals surface area (Å²) in [5.41, 5.74) is 6.39. The van der Waals surface area contributed by atoms with Crippen molar-refractivity contribution < 1.29 is 0 Å². The zero-order chi connectivity index (χ0) is 22.8. The van der Waals surface area contributed by atoms with Crippen molar-refractivity contribution >= 4 is 69.7 Å². The molecule has 0 unspecified atom stereocenters. The molecule has 0 spiro atoms. The van der Waals surface area contributed by atoms with Crippen LogP contribution in [-0.2, 0) is 0 Å². The van der Waals surface area contributed by atoms with Crippen LogP contribution in [-0.4, -0.2) is 4.57 Å². The third-order valence-electron chi connectivity index (χ3n) is 7.16. The van der Waals surface area contributed by atoms with Gasteiger partial charge in [-0.3, -0.25) is 0 Å². The van der Waals surface area contributed by atoms with Crippen LogP contribution < -0.4 is 0 Å². The van der Waals surface area contributed by atoms with Gasteiger partial charge in [-0.2, -0.15) is 0 Å². The smallest absolute Gasteiger partial charge is 0.0728 e. The average Bonchev–Trinajstić information content (AvgIpc) is 3.43. The minimum atomic E-state index is 1.21. The lowest BCUT2D eigenvalue weighted by molar-refractivity contribution is 1.19. The Kier molecular flexibility index (Phi) is 4.21. The van der Waals surface area contributed by atoms with E-state index >= 15 is 0 Å². The second kappa shape index (κ2) is 7.31. The van der Waals surface area contributed by atoms with Crippen LogP contribution in [0.3, 0.4) is 0 Å². The zero-order valence-corrected chi connectivity index (χ0v) is 20.0. The Morgan fingerprint density at radius 3 is 1.94 bits per heavy atom. The Hall–Kier alpha value is -3.88. The molecule has 7 rings (SSSR count). The monoisotopic (exact) mass is 453 g/mol. The fraction of sp³-hybridized carbons (Fsp3) is 0.0625. The van der Waals surface area contributed by atoms with E-state index in [2.05, 4.69) is 122 Å². The molecule has 2 heterocycles. The van der Waals surface area contributed by atoms with Gasteiger partial charge in [0.2, 0.25) is 0 Å². The largest absolute Gasteiger partial charge is 0.307 e. The maximum absolute atomic E-state index is 2.51. The SMILES string of the molecule is C/C=C(\C)c1ccc(-n2c3c4ccccc4sc3c3c4ccccc4c4ccccc4c32)cc1. The van der Waals surface area contributed by atoms with Crippen molar-refractivity contribution in [1.82, 2.24) is 4.57 Å². The normalized spacial score (nSPS) is 12.6. The maximum atomic E-state index is 2.51. The molecule has 0 atom stereocenters. The van der Waals surface area contributed by atoms with Crippen molar-refractivity contribution in [3.63, 3.8) is 0 Å². The summed E-state index contributed by atoms with van der Waals surface area (Å²) in [4.78, 5) is 0. The molecule has 34 heavy (non-hydrogen) atoms. The summed E-state index contributed by atoms with van der Waals surface area (Å²) in [5.74, 6) is 0. The summed E-state index contributed by atoms with van der Waals surface area (Å²) in [6.07, 6.45) is 2.17. The lowest BCUT2D eigenvalue weighted by Gasteiger charge is -2.13. The van der Waals surface area contributed by atoms with Crippen LogP contribution in [0.5, 0.6) is 0 Å². The van der Waals surface area contributed by atoms with E-state index in [9.17, 15) is 0 Å². The van der Waals surface area contributed by atoms with Gasteiger partial charge in [0.15, 0.2) is 0 Å². The van der Waals surface area contributed by atoms with Crippen molar-refractivity contribution in [2.75, 3.05) is 0 Å². The van der Waals surface area contributed by atoms with Crippen LogP contribution in [0.2, 0.25) is 0 Å². The number of fused-ring (bicyclic) bond motifs is 10. The fourth-order valence-electron chi connectivity index (χ4n) is 5.42. The van der Waals surface area contributed by atoms with E-state index in [4.69, 9.17) is 0 Å². The highest BCUT2D eigenvalue weighted by atomic mass is 32.1. The van der Waals surface area contributed by atoms with E-state index in [1.54, 1.807) is 0 Å². The molecule has 0 saturated carbocycles. The third-order valence-corrected chi connectivity index (χ3v) is 8.34. The summed E-state index contributed by atoms with van der Waals surface area (Å²) in [5, 5.41) is 7.94. The van der Waals surface area contributed by atoms with Crippen LogP contribution in [0.4, 0.5) is 0 Å². The second-order valence-corrected chi connectivity index (χ2v) is 10.00. The summed E-state index contributed by atoms with van der Waals surface area (Å²) < 4.78 is 5.21. The number of hydrogen-bond donors (Lipinski definition) is 0. The first-order valence-electron chi connectivity index (χ1n) is 11.7. The van der Waals surface area contributed by atoms with E-state index < -0.39 is 0 Å². The standard InChI is InChI=1S/C32H23NS/c1-3-20(2)21-16-18-22(19-17-21)33-30-26-13-7-5-11-24(26)23-10-4-6-12-25(23)29(30)32-31(33)27-14-8-9-15-28(27)34-32/h3-19H,1-2H3/b20-3+. The first kappa shape index (κ1) is 19.6. The van der Waals surface area contributed by atoms with Crippen LogP contribution in [0.1, 0.15) is 19.4 Å². The highest BCUT2D eigenvalue weighted by Crippen LogP contribution is 2.47. The van der Waals surface area contributed by atoms with E-state index in [-0.39, 0.29) is 0 Å². The van der Waals surface area contributed by atoms with Gasteiger partial charge in [0.25, 0.3) is 0 Å². The lowest BCUT2D eigenvalue weighted by atomic mass is 9.98. The van der Waals surface area contributed by atoms with Gasteiger partial charge >= 0.3 is 0 Å². The number of aromatic nitrogens is 1. The molecule has 1 nitrogen and oxygen atoms in total. The molecule has 0 saturated heterocycles. The first-order chi connectivity index (χ1) is 16.8. The van der Waals surface area contributed by atoms with E-state index in [0.29, 0.717) is 0 Å². The predicted molar refractivity (Wildman–Crippen MR) is 151 cm³/mol. The number of allylic oxidation sites excluding steroid dienone is 2. The fourth-order valence-corrected chi connectivity index (χ4v) is 6.67. The highest BCUT2D eigenvalue weighted by molar-refractivity contribution is 7.26. The number of thiophene rings is 1. The molecule has 0 aliphatic carbocycles. The minimum absolute atomic E-state index is 1.21. The molecule has 7 aromatic rings. The van der Waals surface area contributed by atoms with Crippen LogP contribution in [0.15, 0.2) is 103 Å². The Morgan fingerprint density at radius 1 is 0.647 bits per heavy atom. The molecule has 162 valence electrons. The molecular weight excluding hydrogens is 430 g/mol. The number of benzene rings is 5. The number of rotatable bonds is 2. The van der Waals surface area contributed by atoms with E-state index in [1.807, 2.05) is 11.3 Å². The molecule has 0 aliphatic rings. The molecule has 0 fully saturated rings. The Morgan fingerprint density at radius 2 is 1.24 bits per heavy atom. The van der Waals surface area contributed by atoms with E-state index in [1.165, 1.54) is 69.6 Å². The third kappa shape index (κ3) is 2.60. The summed E-state index contributed by atoms with van der Waals surface area (Å²) >= 11 is 1.91. The molecule has 0 bridgehead atoms. The summed E-state index contributed by atoms with van der Waals surface area (Å²) in [6.45, 7) is 4.27. The molecule has 0 N–H and O–H groups in total. The number of hydrogen-bond acceptors (Lipinski definition) is 1. The molecular formula is C32H23NS. The Balaban J connectivity index is 1.75. The second-order valence-electron chi connectivity index (χ2n) is 8.94. The van der Waals surface area contributed by atoms with Gasteiger partial charge in [-0.25, -0.2) is 0 Å². The van der Waals surface area contributed by atoms with Crippen LogP contribution >= 0.6 is 11.3 Å². The quantitative estimate of drug-likeness (QED) is 0.230. The van der Waals surface area contributed by atoms with Gasteiger partial charge in [-0.1, -0.05) is 84.9 Å². The van der Waals surface area contributed by atoms with Crippen molar-refractivity contribution in [1.29, 1.82) is 0 Å². The number of nitrogens with zero attached hydrogens (tertiary/aromatic N) is 1.